The van der Waals surface area contributed by atoms with E-state index in [0.717, 1.165) is 0 Å². The van der Waals surface area contributed by atoms with E-state index in [1.807, 2.05) is 12.1 Å². The first-order valence-electron chi connectivity index (χ1n) is 9.23. The van der Waals surface area contributed by atoms with Gasteiger partial charge in [-0.3, -0.25) is 9.59 Å². The van der Waals surface area contributed by atoms with Crippen molar-refractivity contribution in [2.45, 2.75) is 32.4 Å². The van der Waals surface area contributed by atoms with Crippen LogP contribution in [0.5, 0.6) is 0 Å². The van der Waals surface area contributed by atoms with Crippen LogP contribution in [-0.2, 0) is 14.3 Å². The Morgan fingerprint density at radius 2 is 1.62 bits per heavy atom. The first-order valence-corrected chi connectivity index (χ1v) is 9.23. The molecule has 150 valence electrons. The van der Waals surface area contributed by atoms with E-state index in [4.69, 9.17) is 10.00 Å². The minimum Gasteiger partial charge on any atom is -0.451 e. The molecular weight excluding hydrogens is 370 g/mol. The van der Waals surface area contributed by atoms with Crippen molar-refractivity contribution in [2.24, 2.45) is 0 Å². The minimum atomic E-state index is -1.07. The number of para-hydroxylation sites is 1. The molecule has 1 N–H and O–H groups in total. The third-order valence-electron chi connectivity index (χ3n) is 4.16. The molecule has 0 aliphatic rings. The summed E-state index contributed by atoms with van der Waals surface area (Å²) in [5, 5.41) is 11.4. The predicted octanol–water partition coefficient (Wildman–Crippen LogP) is 2.68. The van der Waals surface area contributed by atoms with Gasteiger partial charge in [0, 0.05) is 17.8 Å². The Hall–Kier alpha value is -3.66. The fourth-order valence-electron chi connectivity index (χ4n) is 2.61. The smallest absolute Gasteiger partial charge is 0.329 e. The van der Waals surface area contributed by atoms with Crippen LogP contribution in [0.1, 0.15) is 30.6 Å². The Kier molecular flexibility index (Phi) is 7.92. The zero-order valence-corrected chi connectivity index (χ0v) is 16.4. The first-order chi connectivity index (χ1) is 13.9. The molecule has 2 aromatic rings. The Labute approximate surface area is 169 Å². The largest absolute Gasteiger partial charge is 0.451 e. The zero-order chi connectivity index (χ0) is 21.2. The molecule has 0 radical (unpaired) electrons. The van der Waals surface area contributed by atoms with Crippen molar-refractivity contribution in [3.8, 4) is 6.07 Å². The maximum absolute atomic E-state index is 12.8. The highest BCUT2D eigenvalue weighted by atomic mass is 16.5. The average Bonchev–Trinajstić information content (AvgIpc) is 2.75. The topological polar surface area (TPSA) is 99.5 Å². The number of benzene rings is 2. The van der Waals surface area contributed by atoms with Gasteiger partial charge in [0.1, 0.15) is 6.04 Å². The molecule has 29 heavy (non-hydrogen) atoms. The van der Waals surface area contributed by atoms with Crippen molar-refractivity contribution in [2.75, 3.05) is 11.4 Å². The van der Waals surface area contributed by atoms with Crippen molar-refractivity contribution in [1.29, 1.82) is 5.26 Å². The summed E-state index contributed by atoms with van der Waals surface area (Å²) in [4.78, 5) is 38.7. The first kappa shape index (κ1) is 21.6. The fourth-order valence-corrected chi connectivity index (χ4v) is 2.61. The molecule has 2 aromatic carbocycles. The van der Waals surface area contributed by atoms with Gasteiger partial charge < -0.3 is 15.0 Å². The number of carbonyl (C=O) groups excluding carboxylic acids is 3. The Morgan fingerprint density at radius 3 is 2.21 bits per heavy atom. The summed E-state index contributed by atoms with van der Waals surface area (Å²) in [5.74, 6) is -1.57. The molecule has 0 heterocycles. The lowest BCUT2D eigenvalue weighted by Gasteiger charge is -2.25. The Morgan fingerprint density at radius 1 is 1.03 bits per heavy atom. The summed E-state index contributed by atoms with van der Waals surface area (Å²) in [6, 6.07) is 18.4. The normalized spacial score (nSPS) is 12.2. The fraction of sp³-hybridized carbons (Fsp3) is 0.273. The molecule has 2 unspecified atom stereocenters. The second-order valence-corrected chi connectivity index (χ2v) is 6.37. The van der Waals surface area contributed by atoms with Gasteiger partial charge in [-0.25, -0.2) is 4.79 Å². The van der Waals surface area contributed by atoms with Gasteiger partial charge >= 0.3 is 5.97 Å². The van der Waals surface area contributed by atoms with Crippen molar-refractivity contribution >= 4 is 23.5 Å². The molecule has 2 atom stereocenters. The quantitative estimate of drug-likeness (QED) is 0.695. The Bertz CT molecular complexity index is 878. The highest BCUT2D eigenvalue weighted by Crippen LogP contribution is 2.16. The predicted molar refractivity (Wildman–Crippen MR) is 108 cm³/mol. The zero-order valence-electron chi connectivity index (χ0n) is 16.4. The van der Waals surface area contributed by atoms with Gasteiger partial charge in [0.05, 0.1) is 12.5 Å². The van der Waals surface area contributed by atoms with Crippen molar-refractivity contribution in [3.05, 3.63) is 66.2 Å². The number of nitriles is 1. The van der Waals surface area contributed by atoms with Crippen LogP contribution in [0.4, 0.5) is 5.69 Å². The van der Waals surface area contributed by atoms with E-state index in [1.165, 1.54) is 18.7 Å². The van der Waals surface area contributed by atoms with Gasteiger partial charge in [-0.2, -0.15) is 5.26 Å². The van der Waals surface area contributed by atoms with Crippen LogP contribution in [0.2, 0.25) is 0 Å². The van der Waals surface area contributed by atoms with Gasteiger partial charge in [-0.15, -0.1) is 0 Å². The van der Waals surface area contributed by atoms with Gasteiger partial charge in [0.25, 0.3) is 11.8 Å². The average molecular weight is 393 g/mol. The molecule has 0 saturated carbocycles. The minimum absolute atomic E-state index is 0.144. The second kappa shape index (κ2) is 10.6. The van der Waals surface area contributed by atoms with Gasteiger partial charge in [0.15, 0.2) is 6.10 Å². The van der Waals surface area contributed by atoms with E-state index < -0.39 is 29.9 Å². The van der Waals surface area contributed by atoms with Crippen LogP contribution in [0.3, 0.4) is 0 Å². The third kappa shape index (κ3) is 6.18. The molecule has 2 rings (SSSR count). The van der Waals surface area contributed by atoms with Gasteiger partial charge in [-0.05, 0) is 38.1 Å². The standard InChI is InChI=1S/C22H23N3O4/c1-16(24-20(26)18-10-5-3-6-11-18)22(28)29-17(2)21(27)25(15-9-14-23)19-12-7-4-8-13-19/h3-8,10-13,16-17H,9,15H2,1-2H3,(H,24,26). The SMILES string of the molecule is CC(NC(=O)c1ccccc1)C(=O)OC(C)C(=O)N(CCC#N)c1ccccc1. The van der Waals surface area contributed by atoms with Crippen LogP contribution in [0.25, 0.3) is 0 Å². The molecule has 0 fully saturated rings. The van der Waals surface area contributed by atoms with E-state index in [9.17, 15) is 14.4 Å². The number of amides is 2. The van der Waals surface area contributed by atoms with E-state index >= 15 is 0 Å². The summed E-state index contributed by atoms with van der Waals surface area (Å²) < 4.78 is 5.27. The monoisotopic (exact) mass is 393 g/mol. The molecular formula is C22H23N3O4. The van der Waals surface area contributed by atoms with E-state index in [1.54, 1.807) is 54.6 Å². The highest BCUT2D eigenvalue weighted by Gasteiger charge is 2.27. The highest BCUT2D eigenvalue weighted by molar-refractivity contribution is 5.99. The lowest BCUT2D eigenvalue weighted by atomic mass is 10.2. The van der Waals surface area contributed by atoms with Gasteiger partial charge in [-0.1, -0.05) is 36.4 Å². The maximum Gasteiger partial charge on any atom is 0.329 e. The maximum atomic E-state index is 12.8. The van der Waals surface area contributed by atoms with Crippen LogP contribution in [0.15, 0.2) is 60.7 Å². The number of hydrogen-bond donors (Lipinski definition) is 1. The number of hydrogen-bond acceptors (Lipinski definition) is 5. The summed E-state index contributed by atoms with van der Waals surface area (Å²) in [5.41, 5.74) is 1.03. The van der Waals surface area contributed by atoms with E-state index in [0.29, 0.717) is 11.3 Å². The van der Waals surface area contributed by atoms with Gasteiger partial charge in [0.2, 0.25) is 0 Å². The number of ether oxygens (including phenoxy) is 1. The van der Waals surface area contributed by atoms with Crippen LogP contribution < -0.4 is 10.2 Å². The molecule has 0 saturated heterocycles. The summed E-state index contributed by atoms with van der Waals surface area (Å²) in [7, 11) is 0. The molecule has 0 spiro atoms. The lowest BCUT2D eigenvalue weighted by Crippen LogP contribution is -2.45. The summed E-state index contributed by atoms with van der Waals surface area (Å²) in [6.07, 6.45) is -0.928. The molecule has 0 aliphatic carbocycles. The molecule has 0 aliphatic heterocycles. The molecule has 0 aromatic heterocycles. The van der Waals surface area contributed by atoms with Crippen LogP contribution in [-0.4, -0.2) is 36.5 Å². The van der Waals surface area contributed by atoms with E-state index in [2.05, 4.69) is 5.32 Å². The number of carbonyl (C=O) groups is 3. The number of esters is 1. The van der Waals surface area contributed by atoms with Crippen molar-refractivity contribution in [1.82, 2.24) is 5.32 Å². The molecule has 2 amide bonds. The third-order valence-corrected chi connectivity index (χ3v) is 4.16. The number of nitrogens with zero attached hydrogens (tertiary/aromatic N) is 2. The van der Waals surface area contributed by atoms with Crippen molar-refractivity contribution < 1.29 is 19.1 Å². The molecule has 0 bridgehead atoms. The summed E-state index contributed by atoms with van der Waals surface area (Å²) in [6.45, 7) is 3.14. The lowest BCUT2D eigenvalue weighted by molar-refractivity contribution is -0.155. The Balaban J connectivity index is 2.00. The number of anilines is 1. The number of nitrogens with one attached hydrogen (secondary N) is 1. The van der Waals surface area contributed by atoms with Crippen LogP contribution in [0, 0.1) is 11.3 Å². The van der Waals surface area contributed by atoms with Crippen LogP contribution >= 0.6 is 0 Å². The molecule has 7 nitrogen and oxygen atoms in total. The second-order valence-electron chi connectivity index (χ2n) is 6.37. The molecule has 7 heteroatoms. The van der Waals surface area contributed by atoms with Crippen molar-refractivity contribution in [3.63, 3.8) is 0 Å². The summed E-state index contributed by atoms with van der Waals surface area (Å²) >= 11 is 0. The number of rotatable bonds is 8. The van der Waals surface area contributed by atoms with E-state index in [-0.39, 0.29) is 13.0 Å².